The molecule has 0 aliphatic carbocycles. The highest BCUT2D eigenvalue weighted by atomic mass is 32.1. The van der Waals surface area contributed by atoms with Crippen molar-refractivity contribution in [2.24, 2.45) is 5.92 Å². The van der Waals surface area contributed by atoms with Crippen LogP contribution in [0.5, 0.6) is 0 Å². The maximum absolute atomic E-state index is 13.3. The van der Waals surface area contributed by atoms with Gasteiger partial charge in [0, 0.05) is 18.8 Å². The summed E-state index contributed by atoms with van der Waals surface area (Å²) >= 11 is 1.46. The molecule has 0 radical (unpaired) electrons. The monoisotopic (exact) mass is 355 g/mol. The van der Waals surface area contributed by atoms with Crippen molar-refractivity contribution >= 4 is 38.3 Å². The van der Waals surface area contributed by atoms with Crippen LogP contribution < -0.4 is 10.2 Å². The molecular formula is C19H18FN3OS. The van der Waals surface area contributed by atoms with Gasteiger partial charge in [0.2, 0.25) is 5.91 Å². The molecule has 1 amide bonds. The van der Waals surface area contributed by atoms with E-state index in [-0.39, 0.29) is 17.6 Å². The van der Waals surface area contributed by atoms with Crippen molar-refractivity contribution in [1.29, 1.82) is 0 Å². The molecule has 0 atom stereocenters. The Kier molecular flexibility index (Phi) is 3.92. The number of hydrogen-bond acceptors (Lipinski definition) is 4. The van der Waals surface area contributed by atoms with Crippen LogP contribution in [-0.2, 0) is 4.79 Å². The average Bonchev–Trinajstić information content (AvgIpc) is 2.92. The molecule has 4 rings (SSSR count). The quantitative estimate of drug-likeness (QED) is 0.768. The van der Waals surface area contributed by atoms with Crippen LogP contribution in [0.25, 0.3) is 10.2 Å². The van der Waals surface area contributed by atoms with E-state index in [2.05, 4.69) is 15.2 Å². The SMILES string of the molecule is Cc1ccc(C)c(NC(=O)C2CN(c3nc4ccc(F)cc4s3)C2)c1. The Balaban J connectivity index is 1.42. The number of benzene rings is 2. The first kappa shape index (κ1) is 16.0. The van der Waals surface area contributed by atoms with Gasteiger partial charge in [-0.25, -0.2) is 9.37 Å². The zero-order valence-electron chi connectivity index (χ0n) is 14.0. The molecule has 0 unspecified atom stereocenters. The average molecular weight is 355 g/mol. The predicted octanol–water partition coefficient (Wildman–Crippen LogP) is 4.13. The highest BCUT2D eigenvalue weighted by Gasteiger charge is 2.34. The predicted molar refractivity (Wildman–Crippen MR) is 99.8 cm³/mol. The fourth-order valence-corrected chi connectivity index (χ4v) is 3.94. The third kappa shape index (κ3) is 3.09. The molecule has 0 spiro atoms. The van der Waals surface area contributed by atoms with E-state index in [1.54, 1.807) is 6.07 Å². The van der Waals surface area contributed by atoms with E-state index in [9.17, 15) is 9.18 Å². The van der Waals surface area contributed by atoms with Crippen LogP contribution >= 0.6 is 11.3 Å². The van der Waals surface area contributed by atoms with Crippen LogP contribution in [-0.4, -0.2) is 24.0 Å². The molecule has 1 saturated heterocycles. The molecule has 2 heterocycles. The second kappa shape index (κ2) is 6.11. The van der Waals surface area contributed by atoms with Crippen LogP contribution in [0.4, 0.5) is 15.2 Å². The highest BCUT2D eigenvalue weighted by Crippen LogP contribution is 2.33. The van der Waals surface area contributed by atoms with E-state index in [0.29, 0.717) is 13.1 Å². The summed E-state index contributed by atoms with van der Waals surface area (Å²) in [5, 5.41) is 3.87. The van der Waals surface area contributed by atoms with Crippen molar-refractivity contribution in [3.8, 4) is 0 Å². The molecule has 0 saturated carbocycles. The number of nitrogens with zero attached hydrogens (tertiary/aromatic N) is 2. The van der Waals surface area contributed by atoms with E-state index in [1.807, 2.05) is 32.0 Å². The zero-order valence-corrected chi connectivity index (χ0v) is 14.9. The third-order valence-corrected chi connectivity index (χ3v) is 5.59. The van der Waals surface area contributed by atoms with Gasteiger partial charge in [-0.05, 0) is 49.2 Å². The molecule has 2 aromatic carbocycles. The third-order valence-electron chi connectivity index (χ3n) is 4.51. The number of aromatic nitrogens is 1. The Labute approximate surface area is 149 Å². The topological polar surface area (TPSA) is 45.2 Å². The molecule has 4 nitrogen and oxygen atoms in total. The smallest absolute Gasteiger partial charge is 0.231 e. The van der Waals surface area contributed by atoms with Gasteiger partial charge in [0.15, 0.2) is 5.13 Å². The van der Waals surface area contributed by atoms with E-state index in [1.165, 1.54) is 23.5 Å². The number of carbonyl (C=O) groups excluding carboxylic acids is 1. The van der Waals surface area contributed by atoms with Crippen LogP contribution in [0.1, 0.15) is 11.1 Å². The van der Waals surface area contributed by atoms with Crippen molar-refractivity contribution in [2.45, 2.75) is 13.8 Å². The summed E-state index contributed by atoms with van der Waals surface area (Å²) in [7, 11) is 0. The summed E-state index contributed by atoms with van der Waals surface area (Å²) in [6.07, 6.45) is 0. The molecule has 1 N–H and O–H groups in total. The van der Waals surface area contributed by atoms with Gasteiger partial charge in [-0.1, -0.05) is 23.5 Å². The number of thiazole rings is 1. The van der Waals surface area contributed by atoms with Crippen molar-refractivity contribution in [3.05, 3.63) is 53.3 Å². The van der Waals surface area contributed by atoms with Gasteiger partial charge in [-0.2, -0.15) is 0 Å². The number of nitrogens with one attached hydrogen (secondary N) is 1. The van der Waals surface area contributed by atoms with E-state index in [0.717, 1.165) is 32.2 Å². The second-order valence-corrected chi connectivity index (χ2v) is 7.53. The maximum atomic E-state index is 13.3. The van der Waals surface area contributed by atoms with Crippen LogP contribution in [0.2, 0.25) is 0 Å². The number of rotatable bonds is 3. The molecule has 6 heteroatoms. The summed E-state index contributed by atoms with van der Waals surface area (Å²) in [4.78, 5) is 19.0. The number of aryl methyl sites for hydroxylation is 2. The standard InChI is InChI=1S/C19H18FN3OS/c1-11-3-4-12(2)16(7-11)21-18(24)13-9-23(10-13)19-22-15-6-5-14(20)8-17(15)25-19/h3-8,13H,9-10H2,1-2H3,(H,21,24). The van der Waals surface area contributed by atoms with Gasteiger partial charge in [0.25, 0.3) is 0 Å². The first-order chi connectivity index (χ1) is 12.0. The van der Waals surface area contributed by atoms with Gasteiger partial charge in [0.1, 0.15) is 5.82 Å². The van der Waals surface area contributed by atoms with Gasteiger partial charge in [-0.15, -0.1) is 0 Å². The molecule has 1 aromatic heterocycles. The Morgan fingerprint density at radius 3 is 2.84 bits per heavy atom. The number of fused-ring (bicyclic) bond motifs is 1. The molecule has 25 heavy (non-hydrogen) atoms. The molecule has 3 aromatic rings. The van der Waals surface area contributed by atoms with E-state index < -0.39 is 0 Å². The number of carbonyl (C=O) groups is 1. The largest absolute Gasteiger partial charge is 0.346 e. The first-order valence-electron chi connectivity index (χ1n) is 8.19. The minimum absolute atomic E-state index is 0.0390. The fourth-order valence-electron chi connectivity index (χ4n) is 2.93. The lowest BCUT2D eigenvalue weighted by molar-refractivity contribution is -0.120. The van der Waals surface area contributed by atoms with Crippen LogP contribution in [0, 0.1) is 25.6 Å². The number of halogens is 1. The molecule has 1 aliphatic heterocycles. The normalized spacial score (nSPS) is 14.6. The Morgan fingerprint density at radius 1 is 1.24 bits per heavy atom. The molecule has 1 fully saturated rings. The minimum atomic E-state index is -0.253. The number of hydrogen-bond donors (Lipinski definition) is 1. The van der Waals surface area contributed by atoms with Gasteiger partial charge < -0.3 is 10.2 Å². The second-order valence-electron chi connectivity index (χ2n) is 6.52. The van der Waals surface area contributed by atoms with Crippen molar-refractivity contribution in [1.82, 2.24) is 4.98 Å². The van der Waals surface area contributed by atoms with Crippen molar-refractivity contribution in [3.63, 3.8) is 0 Å². The van der Waals surface area contributed by atoms with E-state index in [4.69, 9.17) is 0 Å². The van der Waals surface area contributed by atoms with Crippen LogP contribution in [0.15, 0.2) is 36.4 Å². The number of amides is 1. The molecule has 0 bridgehead atoms. The Bertz CT molecular complexity index is 962. The van der Waals surface area contributed by atoms with Gasteiger partial charge in [-0.3, -0.25) is 4.79 Å². The summed E-state index contributed by atoms with van der Waals surface area (Å²) in [6, 6.07) is 10.6. The van der Waals surface area contributed by atoms with Crippen molar-refractivity contribution < 1.29 is 9.18 Å². The van der Waals surface area contributed by atoms with Crippen LogP contribution in [0.3, 0.4) is 0 Å². The highest BCUT2D eigenvalue weighted by molar-refractivity contribution is 7.22. The van der Waals surface area contributed by atoms with Crippen molar-refractivity contribution in [2.75, 3.05) is 23.3 Å². The first-order valence-corrected chi connectivity index (χ1v) is 9.00. The lowest BCUT2D eigenvalue weighted by Crippen LogP contribution is -2.52. The molecular weight excluding hydrogens is 337 g/mol. The lowest BCUT2D eigenvalue weighted by Gasteiger charge is -2.38. The zero-order chi connectivity index (χ0) is 17.6. The molecule has 1 aliphatic rings. The Morgan fingerprint density at radius 2 is 2.04 bits per heavy atom. The summed E-state index contributed by atoms with van der Waals surface area (Å²) in [5.74, 6) is -0.266. The summed E-state index contributed by atoms with van der Waals surface area (Å²) < 4.78 is 14.1. The minimum Gasteiger partial charge on any atom is -0.346 e. The Hall–Kier alpha value is -2.47. The lowest BCUT2D eigenvalue weighted by atomic mass is 9.99. The fraction of sp³-hybridized carbons (Fsp3) is 0.263. The summed E-state index contributed by atoms with van der Waals surface area (Å²) in [5.41, 5.74) is 3.85. The van der Waals surface area contributed by atoms with Gasteiger partial charge in [0.05, 0.1) is 16.1 Å². The summed E-state index contributed by atoms with van der Waals surface area (Å²) in [6.45, 7) is 5.27. The molecule has 128 valence electrons. The number of anilines is 2. The maximum Gasteiger partial charge on any atom is 0.231 e. The van der Waals surface area contributed by atoms with Gasteiger partial charge >= 0.3 is 0 Å². The van der Waals surface area contributed by atoms with E-state index >= 15 is 0 Å².